The van der Waals surface area contributed by atoms with Crippen molar-refractivity contribution in [1.29, 1.82) is 0 Å². The van der Waals surface area contributed by atoms with E-state index >= 15 is 0 Å². The van der Waals surface area contributed by atoms with Gasteiger partial charge in [0, 0.05) is 34.3 Å². The van der Waals surface area contributed by atoms with Gasteiger partial charge >= 0.3 is 17.9 Å². The Morgan fingerprint density at radius 2 is 1.81 bits per heavy atom. The molecule has 0 radical (unpaired) electrons. The summed E-state index contributed by atoms with van der Waals surface area (Å²) in [4.78, 5) is 33.2. The van der Waals surface area contributed by atoms with Crippen molar-refractivity contribution in [2.75, 3.05) is 13.7 Å². The van der Waals surface area contributed by atoms with Crippen LogP contribution in [0.1, 0.15) is 27.2 Å². The van der Waals surface area contributed by atoms with Crippen LogP contribution in [0.15, 0.2) is 0 Å². The van der Waals surface area contributed by atoms with Crippen molar-refractivity contribution in [1.82, 2.24) is 0 Å². The van der Waals surface area contributed by atoms with Crippen molar-refractivity contribution >= 4 is 17.9 Å². The molecular formula is C13H20O8. The maximum Gasteiger partial charge on any atom is 0.303 e. The quantitative estimate of drug-likeness (QED) is 0.506. The molecule has 0 saturated carbocycles. The van der Waals surface area contributed by atoms with E-state index in [1.54, 1.807) is 0 Å². The fraction of sp³-hybridized carbons (Fsp3) is 0.769. The first kappa shape index (κ1) is 17.4. The highest BCUT2D eigenvalue weighted by Crippen LogP contribution is 2.28. The minimum Gasteiger partial charge on any atom is -0.462 e. The molecule has 21 heavy (non-hydrogen) atoms. The summed E-state index contributed by atoms with van der Waals surface area (Å²) in [5, 5.41) is 0. The van der Waals surface area contributed by atoms with E-state index in [1.807, 2.05) is 0 Å². The number of esters is 3. The summed E-state index contributed by atoms with van der Waals surface area (Å²) in [6, 6.07) is 0. The molecule has 0 spiro atoms. The number of carbonyl (C=O) groups is 3. The molecule has 8 nitrogen and oxygen atoms in total. The Morgan fingerprint density at radius 1 is 1.14 bits per heavy atom. The zero-order chi connectivity index (χ0) is 16.0. The number of hydrogen-bond acceptors (Lipinski definition) is 8. The highest BCUT2D eigenvalue weighted by molar-refractivity contribution is 5.67. The van der Waals surface area contributed by atoms with Gasteiger partial charge in [-0.2, -0.15) is 0 Å². The van der Waals surface area contributed by atoms with Gasteiger partial charge in [-0.3, -0.25) is 14.4 Å². The predicted octanol–water partition coefficient (Wildman–Crippen LogP) is 0.174. The summed E-state index contributed by atoms with van der Waals surface area (Å²) >= 11 is 0. The molecule has 1 heterocycles. The molecule has 0 aromatic rings. The Balaban J connectivity index is 2.81. The van der Waals surface area contributed by atoms with Crippen LogP contribution in [0, 0.1) is 0 Å². The Kier molecular flexibility index (Phi) is 6.57. The van der Waals surface area contributed by atoms with Gasteiger partial charge in [-0.25, -0.2) is 0 Å². The molecular weight excluding hydrogens is 284 g/mol. The second kappa shape index (κ2) is 7.94. The number of methoxy groups -OCH3 is 1. The fourth-order valence-corrected chi connectivity index (χ4v) is 2.06. The highest BCUT2D eigenvalue weighted by atomic mass is 16.7. The number of rotatable bonds is 6. The summed E-state index contributed by atoms with van der Waals surface area (Å²) in [7, 11) is 1.45. The lowest BCUT2D eigenvalue weighted by molar-refractivity contribution is -0.186. The predicted molar refractivity (Wildman–Crippen MR) is 68.0 cm³/mol. The standard InChI is InChI=1S/C13H20O8/c1-7(14)18-6-11(20-9(3)16)13-10(19-8(2)15)5-12(17-4)21-13/h10-13H,5-6H2,1-4H3/t10-,11-,12+,13+/m1/s1. The van der Waals surface area contributed by atoms with Gasteiger partial charge in [0.25, 0.3) is 0 Å². The molecule has 0 amide bonds. The third-order valence-electron chi connectivity index (χ3n) is 2.81. The lowest BCUT2D eigenvalue weighted by atomic mass is 10.1. The normalized spacial score (nSPS) is 26.0. The van der Waals surface area contributed by atoms with Crippen molar-refractivity contribution in [2.24, 2.45) is 0 Å². The topological polar surface area (TPSA) is 97.4 Å². The van der Waals surface area contributed by atoms with E-state index in [4.69, 9.17) is 23.7 Å². The highest BCUT2D eigenvalue weighted by Gasteiger charge is 2.44. The molecule has 1 fully saturated rings. The average Bonchev–Trinajstić information content (AvgIpc) is 2.76. The van der Waals surface area contributed by atoms with Crippen LogP contribution in [0.2, 0.25) is 0 Å². The molecule has 4 atom stereocenters. The number of hydrogen-bond donors (Lipinski definition) is 0. The molecule has 120 valence electrons. The summed E-state index contributed by atoms with van der Waals surface area (Å²) in [5.41, 5.74) is 0. The Labute approximate surface area is 122 Å². The van der Waals surface area contributed by atoms with Crippen LogP contribution >= 0.6 is 0 Å². The van der Waals surface area contributed by atoms with Crippen molar-refractivity contribution in [2.45, 2.75) is 51.8 Å². The van der Waals surface area contributed by atoms with Crippen molar-refractivity contribution in [3.8, 4) is 0 Å². The second-order valence-electron chi connectivity index (χ2n) is 4.60. The average molecular weight is 304 g/mol. The maximum absolute atomic E-state index is 11.2. The molecule has 0 aliphatic carbocycles. The molecule has 1 saturated heterocycles. The van der Waals surface area contributed by atoms with Crippen LogP contribution in [-0.2, 0) is 38.1 Å². The molecule has 1 aliphatic heterocycles. The van der Waals surface area contributed by atoms with Gasteiger partial charge < -0.3 is 23.7 Å². The molecule has 0 bridgehead atoms. The van der Waals surface area contributed by atoms with Crippen LogP contribution in [-0.4, -0.2) is 56.2 Å². The first-order valence-corrected chi connectivity index (χ1v) is 6.49. The lowest BCUT2D eigenvalue weighted by Gasteiger charge is -2.26. The SMILES string of the molecule is CO[C@@H]1C[C@@H](OC(C)=O)[C@@H]([C@@H](COC(C)=O)OC(C)=O)O1. The van der Waals surface area contributed by atoms with Gasteiger partial charge in [-0.05, 0) is 0 Å². The van der Waals surface area contributed by atoms with Crippen molar-refractivity contribution in [3.05, 3.63) is 0 Å². The summed E-state index contributed by atoms with van der Waals surface area (Å²) in [6.07, 6.45) is -2.57. The second-order valence-corrected chi connectivity index (χ2v) is 4.60. The van der Waals surface area contributed by atoms with E-state index in [0.717, 1.165) is 0 Å². The van der Waals surface area contributed by atoms with Crippen molar-refractivity contribution < 1.29 is 38.1 Å². The Morgan fingerprint density at radius 3 is 2.29 bits per heavy atom. The zero-order valence-corrected chi connectivity index (χ0v) is 12.5. The minimum absolute atomic E-state index is 0.187. The van der Waals surface area contributed by atoms with E-state index in [-0.39, 0.29) is 6.61 Å². The van der Waals surface area contributed by atoms with Gasteiger partial charge in [0.2, 0.25) is 0 Å². The first-order chi connectivity index (χ1) is 9.83. The molecule has 1 rings (SSSR count). The van der Waals surface area contributed by atoms with Gasteiger partial charge in [-0.15, -0.1) is 0 Å². The van der Waals surface area contributed by atoms with E-state index in [2.05, 4.69) is 0 Å². The smallest absolute Gasteiger partial charge is 0.303 e. The summed E-state index contributed by atoms with van der Waals surface area (Å²) < 4.78 is 25.7. The van der Waals surface area contributed by atoms with Gasteiger partial charge in [0.1, 0.15) is 18.8 Å². The van der Waals surface area contributed by atoms with Crippen molar-refractivity contribution in [3.63, 3.8) is 0 Å². The Hall–Kier alpha value is -1.67. The number of ether oxygens (including phenoxy) is 5. The summed E-state index contributed by atoms with van der Waals surface area (Å²) in [5.74, 6) is -1.56. The molecule has 0 N–H and O–H groups in total. The van der Waals surface area contributed by atoms with Crippen LogP contribution in [0.3, 0.4) is 0 Å². The van der Waals surface area contributed by atoms with E-state index in [9.17, 15) is 14.4 Å². The van der Waals surface area contributed by atoms with Gasteiger partial charge in [-0.1, -0.05) is 0 Å². The van der Waals surface area contributed by atoms with E-state index in [1.165, 1.54) is 27.9 Å². The first-order valence-electron chi connectivity index (χ1n) is 6.49. The summed E-state index contributed by atoms with van der Waals surface area (Å²) in [6.45, 7) is 3.55. The fourth-order valence-electron chi connectivity index (χ4n) is 2.06. The van der Waals surface area contributed by atoms with E-state index < -0.39 is 42.5 Å². The van der Waals surface area contributed by atoms with Gasteiger partial charge in [0.05, 0.1) is 0 Å². The largest absolute Gasteiger partial charge is 0.462 e. The molecule has 0 aromatic carbocycles. The Bertz CT molecular complexity index is 394. The van der Waals surface area contributed by atoms with Gasteiger partial charge in [0.15, 0.2) is 12.4 Å². The molecule has 0 aromatic heterocycles. The lowest BCUT2D eigenvalue weighted by Crippen LogP contribution is -2.42. The van der Waals surface area contributed by atoms with Crippen LogP contribution < -0.4 is 0 Å². The van der Waals surface area contributed by atoms with Crippen LogP contribution in [0.4, 0.5) is 0 Å². The number of carbonyl (C=O) groups excluding carboxylic acids is 3. The van der Waals surface area contributed by atoms with E-state index in [0.29, 0.717) is 6.42 Å². The van der Waals surface area contributed by atoms with Crippen LogP contribution in [0.5, 0.6) is 0 Å². The minimum atomic E-state index is -0.879. The zero-order valence-electron chi connectivity index (χ0n) is 12.5. The molecule has 8 heteroatoms. The molecule has 0 unspecified atom stereocenters. The third kappa shape index (κ3) is 5.68. The third-order valence-corrected chi connectivity index (χ3v) is 2.81. The molecule has 1 aliphatic rings. The monoisotopic (exact) mass is 304 g/mol. The van der Waals surface area contributed by atoms with Crippen LogP contribution in [0.25, 0.3) is 0 Å². The maximum atomic E-state index is 11.2.